The highest BCUT2D eigenvalue weighted by molar-refractivity contribution is 9.10. The number of alkyl halides is 3. The fraction of sp³-hybridized carbons (Fsp3) is 0.500. The molecule has 0 saturated carbocycles. The Morgan fingerprint density at radius 1 is 1.55 bits per heavy atom. The minimum absolute atomic E-state index is 0.293. The molecule has 0 bridgehead atoms. The second-order valence-corrected chi connectivity index (χ2v) is 2.63. The molecule has 1 aromatic rings. The van der Waals surface area contributed by atoms with Crippen molar-refractivity contribution >= 4 is 15.9 Å². The summed E-state index contributed by atoms with van der Waals surface area (Å²) in [5.41, 5.74) is 0. The molecule has 0 aliphatic heterocycles. The molecule has 1 rings (SSSR count). The summed E-state index contributed by atoms with van der Waals surface area (Å²) in [5, 5.41) is 6.74. The zero-order valence-electron chi connectivity index (χ0n) is 5.14. The van der Waals surface area contributed by atoms with Crippen LogP contribution in [0.5, 0.6) is 0 Å². The summed E-state index contributed by atoms with van der Waals surface area (Å²) in [6, 6.07) is 0. The zero-order chi connectivity index (χ0) is 8.48. The molecule has 7 heteroatoms. The van der Waals surface area contributed by atoms with Gasteiger partial charge in [-0.25, -0.2) is 0 Å². The van der Waals surface area contributed by atoms with Gasteiger partial charge in [0.05, 0.1) is 6.20 Å². The molecule has 62 valence electrons. The maximum absolute atomic E-state index is 11.6. The lowest BCUT2D eigenvalue weighted by atomic mass is 10.7. The van der Waals surface area contributed by atoms with E-state index in [1.54, 1.807) is 0 Å². The molecule has 0 spiro atoms. The van der Waals surface area contributed by atoms with Crippen LogP contribution in [-0.4, -0.2) is 21.2 Å². The topological polar surface area (TPSA) is 30.7 Å². The maximum Gasteiger partial charge on any atom is 0.409 e. The summed E-state index contributed by atoms with van der Waals surface area (Å²) in [4.78, 5) is 0.573. The van der Waals surface area contributed by atoms with Gasteiger partial charge < -0.3 is 0 Å². The summed E-state index contributed by atoms with van der Waals surface area (Å²) in [5.74, 6) is 0. The zero-order valence-corrected chi connectivity index (χ0v) is 6.72. The highest BCUT2D eigenvalue weighted by atomic mass is 79.9. The lowest BCUT2D eigenvalue weighted by Gasteiger charge is -2.03. The third-order valence-electron chi connectivity index (χ3n) is 0.829. The molecule has 0 aliphatic carbocycles. The van der Waals surface area contributed by atoms with Crippen molar-refractivity contribution in [1.82, 2.24) is 15.0 Å². The Morgan fingerprint density at radius 2 is 2.18 bits per heavy atom. The molecule has 0 unspecified atom stereocenters. The molecule has 0 atom stereocenters. The Labute approximate surface area is 68.3 Å². The van der Waals surface area contributed by atoms with Crippen LogP contribution in [0, 0.1) is 0 Å². The van der Waals surface area contributed by atoms with Gasteiger partial charge in [-0.15, -0.1) is 5.10 Å². The lowest BCUT2D eigenvalue weighted by molar-refractivity contribution is -0.144. The molecular weight excluding hydrogens is 227 g/mol. The molecular formula is C4H3BrF3N3. The van der Waals surface area contributed by atoms with Crippen LogP contribution in [0.4, 0.5) is 13.2 Å². The van der Waals surface area contributed by atoms with Crippen LogP contribution in [0.3, 0.4) is 0 Å². The van der Waals surface area contributed by atoms with Crippen LogP contribution >= 0.6 is 15.9 Å². The van der Waals surface area contributed by atoms with E-state index in [-0.39, 0.29) is 0 Å². The van der Waals surface area contributed by atoms with E-state index < -0.39 is 12.7 Å². The van der Waals surface area contributed by atoms with Crippen LogP contribution in [0.15, 0.2) is 10.8 Å². The number of aromatic nitrogens is 3. The van der Waals surface area contributed by atoms with Crippen LogP contribution in [0.25, 0.3) is 0 Å². The predicted octanol–water partition coefficient (Wildman–Crippen LogP) is 1.60. The largest absolute Gasteiger partial charge is 0.409 e. The third-order valence-corrected chi connectivity index (χ3v) is 1.19. The number of hydrogen-bond acceptors (Lipinski definition) is 2. The first-order valence-corrected chi connectivity index (χ1v) is 3.39. The minimum atomic E-state index is -4.27. The van der Waals surface area contributed by atoms with Crippen molar-refractivity contribution in [2.45, 2.75) is 12.7 Å². The summed E-state index contributed by atoms with van der Waals surface area (Å²) in [6.07, 6.45) is -3.07. The molecule has 0 radical (unpaired) electrons. The van der Waals surface area contributed by atoms with Gasteiger partial charge in [0.15, 0.2) is 6.54 Å². The molecule has 1 heterocycles. The van der Waals surface area contributed by atoms with Crippen molar-refractivity contribution in [3.63, 3.8) is 0 Å². The molecule has 0 amide bonds. The monoisotopic (exact) mass is 229 g/mol. The van der Waals surface area contributed by atoms with E-state index in [2.05, 4.69) is 26.1 Å². The first kappa shape index (κ1) is 8.51. The van der Waals surface area contributed by atoms with Crippen molar-refractivity contribution in [2.75, 3.05) is 0 Å². The molecule has 11 heavy (non-hydrogen) atoms. The second-order valence-electron chi connectivity index (χ2n) is 1.81. The summed E-state index contributed by atoms with van der Waals surface area (Å²) in [7, 11) is 0. The number of rotatable bonds is 1. The third kappa shape index (κ3) is 2.87. The van der Waals surface area contributed by atoms with E-state index in [0.717, 1.165) is 0 Å². The van der Waals surface area contributed by atoms with Gasteiger partial charge in [-0.1, -0.05) is 0 Å². The van der Waals surface area contributed by atoms with Gasteiger partial charge in [0, 0.05) is 0 Å². The van der Waals surface area contributed by atoms with Gasteiger partial charge in [0.1, 0.15) is 4.60 Å². The molecule has 0 saturated heterocycles. The summed E-state index contributed by atoms with van der Waals surface area (Å²) >= 11 is 2.88. The van der Waals surface area contributed by atoms with Gasteiger partial charge in [-0.2, -0.15) is 23.1 Å². The fourth-order valence-electron chi connectivity index (χ4n) is 0.513. The lowest BCUT2D eigenvalue weighted by Crippen LogP contribution is -2.19. The normalized spacial score (nSPS) is 12.0. The fourth-order valence-corrected chi connectivity index (χ4v) is 0.787. The van der Waals surface area contributed by atoms with E-state index in [1.165, 1.54) is 6.20 Å². The van der Waals surface area contributed by atoms with Gasteiger partial charge >= 0.3 is 6.18 Å². The first-order valence-electron chi connectivity index (χ1n) is 2.60. The Bertz CT molecular complexity index is 243. The van der Waals surface area contributed by atoms with Crippen molar-refractivity contribution in [3.8, 4) is 0 Å². The summed E-state index contributed by atoms with van der Waals surface area (Å²) in [6.45, 7) is -1.15. The number of hydrogen-bond donors (Lipinski definition) is 0. The van der Waals surface area contributed by atoms with Gasteiger partial charge in [-0.05, 0) is 15.9 Å². The standard InChI is InChI=1S/C4H3BrF3N3/c5-3-1-9-11(10-3)2-4(6,7)8/h1H,2H2. The van der Waals surface area contributed by atoms with Gasteiger partial charge in [0.2, 0.25) is 0 Å². The van der Waals surface area contributed by atoms with Crippen LogP contribution in [0.2, 0.25) is 0 Å². The molecule has 0 fully saturated rings. The summed E-state index contributed by atoms with van der Waals surface area (Å²) < 4.78 is 35.2. The van der Waals surface area contributed by atoms with Crippen molar-refractivity contribution in [3.05, 3.63) is 10.8 Å². The highest BCUT2D eigenvalue weighted by Gasteiger charge is 2.28. The average molecular weight is 230 g/mol. The second kappa shape index (κ2) is 2.80. The molecule has 1 aromatic heterocycles. The Balaban J connectivity index is 2.65. The van der Waals surface area contributed by atoms with Crippen LogP contribution in [0.1, 0.15) is 0 Å². The number of halogens is 4. The maximum atomic E-state index is 11.6. The number of nitrogens with zero attached hydrogens (tertiary/aromatic N) is 3. The van der Waals surface area contributed by atoms with Gasteiger partial charge in [-0.3, -0.25) is 0 Å². The SMILES string of the molecule is FC(F)(F)Cn1ncc(Br)n1. The molecule has 0 aromatic carbocycles. The first-order chi connectivity index (χ1) is 4.97. The van der Waals surface area contributed by atoms with Crippen LogP contribution in [-0.2, 0) is 6.54 Å². The van der Waals surface area contributed by atoms with E-state index in [0.29, 0.717) is 9.40 Å². The Hall–Kier alpha value is -0.590. The van der Waals surface area contributed by atoms with E-state index in [1.807, 2.05) is 0 Å². The minimum Gasteiger partial charge on any atom is -0.175 e. The van der Waals surface area contributed by atoms with E-state index >= 15 is 0 Å². The highest BCUT2D eigenvalue weighted by Crippen LogP contribution is 2.16. The quantitative estimate of drug-likeness (QED) is 0.733. The molecule has 0 aliphatic rings. The van der Waals surface area contributed by atoms with Crippen molar-refractivity contribution < 1.29 is 13.2 Å². The predicted molar refractivity (Wildman–Crippen MR) is 33.8 cm³/mol. The smallest absolute Gasteiger partial charge is 0.175 e. The Morgan fingerprint density at radius 3 is 2.55 bits per heavy atom. The average Bonchev–Trinajstić information content (AvgIpc) is 2.10. The van der Waals surface area contributed by atoms with Gasteiger partial charge in [0.25, 0.3) is 0 Å². The van der Waals surface area contributed by atoms with Crippen LogP contribution < -0.4 is 0 Å². The van der Waals surface area contributed by atoms with E-state index in [9.17, 15) is 13.2 Å². The Kier molecular flexibility index (Phi) is 2.17. The van der Waals surface area contributed by atoms with Crippen molar-refractivity contribution in [2.24, 2.45) is 0 Å². The van der Waals surface area contributed by atoms with Crippen molar-refractivity contribution in [1.29, 1.82) is 0 Å². The molecule has 3 nitrogen and oxygen atoms in total. The molecule has 0 N–H and O–H groups in total. The van der Waals surface area contributed by atoms with E-state index in [4.69, 9.17) is 0 Å².